The first-order valence-corrected chi connectivity index (χ1v) is 29.9. The molecule has 2 N–H and O–H groups in total. The third-order valence-electron chi connectivity index (χ3n) is 13.4. The van der Waals surface area contributed by atoms with Crippen LogP contribution in [0.3, 0.4) is 0 Å². The molecule has 2 aliphatic rings. The van der Waals surface area contributed by atoms with Crippen LogP contribution in [0.5, 0.6) is 0 Å². The molecular formula is C63H65BrF4N4O6S2. The molecule has 0 bridgehead atoms. The standard InChI is InChI=1S/C29H28F2N2O2S.C19H24N2O4.C15H13BrF2S/c30-23-9-5-20(6-10-23)28(21-7-11-24(31)12-8-21)36-18-15-32-25-13-16-33(17-14-25)29(34)27-19-22-3-1-2-4-26(22)35-27;1-19(2,3)25-18(23)20-14-8-10-21(11-9-14)17(22)16-12-13-6-4-5-7-15(13)24-16;16-9-10-19-15(11-1-5-13(17)6-2-11)12-3-7-14(18)8-4-12/h1-12,19,25,28,32H,13-18H2;4-7,12,14H,8-11H2,1-3H3,(H,20,23);1-8,15H,9-10H2. The Labute approximate surface area is 481 Å². The van der Waals surface area contributed by atoms with Gasteiger partial charge in [0.1, 0.15) is 40.0 Å². The Morgan fingerprint density at radius 1 is 0.562 bits per heavy atom. The molecule has 420 valence electrons. The molecule has 0 saturated carbocycles. The minimum absolute atomic E-state index is 0.00345. The number of carbonyl (C=O) groups is 3. The number of hydrogen-bond acceptors (Lipinski definition) is 9. The predicted octanol–water partition coefficient (Wildman–Crippen LogP) is 15.2. The van der Waals surface area contributed by atoms with Crippen molar-refractivity contribution in [1.29, 1.82) is 0 Å². The van der Waals surface area contributed by atoms with Crippen molar-refractivity contribution >= 4 is 79.3 Å². The number of benzene rings is 6. The second kappa shape index (κ2) is 28.8. The topological polar surface area (TPSA) is 117 Å². The maximum Gasteiger partial charge on any atom is 0.407 e. The van der Waals surface area contributed by atoms with Gasteiger partial charge in [-0.25, -0.2) is 22.4 Å². The monoisotopic (exact) mass is 1190 g/mol. The second-order valence-corrected chi connectivity index (χ2v) is 23.6. The van der Waals surface area contributed by atoms with Crippen LogP contribution >= 0.6 is 39.5 Å². The molecule has 10 nitrogen and oxygen atoms in total. The Hall–Kier alpha value is -6.53. The first-order valence-electron chi connectivity index (χ1n) is 26.7. The van der Waals surface area contributed by atoms with Gasteiger partial charge in [-0.3, -0.25) is 9.59 Å². The number of piperidine rings is 2. The molecule has 0 unspecified atom stereocenters. The van der Waals surface area contributed by atoms with Gasteiger partial charge < -0.3 is 34.0 Å². The summed E-state index contributed by atoms with van der Waals surface area (Å²) >= 11 is 6.90. The zero-order chi connectivity index (χ0) is 56.6. The Balaban J connectivity index is 0.000000167. The van der Waals surface area contributed by atoms with Gasteiger partial charge in [0.25, 0.3) is 11.8 Å². The molecule has 10 rings (SSSR count). The molecule has 80 heavy (non-hydrogen) atoms. The highest BCUT2D eigenvalue weighted by atomic mass is 79.9. The lowest BCUT2D eigenvalue weighted by atomic mass is 10.0. The van der Waals surface area contributed by atoms with Crippen LogP contribution in [0.2, 0.25) is 0 Å². The highest BCUT2D eigenvalue weighted by Gasteiger charge is 2.29. The molecule has 17 heteroatoms. The molecule has 0 atom stereocenters. The number of thioether (sulfide) groups is 2. The van der Waals surface area contributed by atoms with Crippen molar-refractivity contribution in [3.05, 3.63) is 215 Å². The number of ether oxygens (including phenoxy) is 1. The van der Waals surface area contributed by atoms with E-state index in [0.717, 1.165) is 74.8 Å². The molecule has 4 heterocycles. The van der Waals surface area contributed by atoms with Gasteiger partial charge in [0.05, 0.1) is 10.5 Å². The number of hydrogen-bond donors (Lipinski definition) is 2. The van der Waals surface area contributed by atoms with E-state index in [1.807, 2.05) is 80.3 Å². The molecule has 2 aromatic heterocycles. The van der Waals surface area contributed by atoms with E-state index in [-0.39, 0.29) is 51.6 Å². The zero-order valence-corrected chi connectivity index (χ0v) is 48.1. The fourth-order valence-electron chi connectivity index (χ4n) is 9.40. The van der Waals surface area contributed by atoms with E-state index < -0.39 is 11.7 Å². The Bertz CT molecular complexity index is 3090. The van der Waals surface area contributed by atoms with Gasteiger partial charge in [0, 0.05) is 72.4 Å². The van der Waals surface area contributed by atoms with Gasteiger partial charge in [-0.15, -0.1) is 23.5 Å². The number of amides is 3. The summed E-state index contributed by atoms with van der Waals surface area (Å²) in [6.45, 7) is 8.85. The van der Waals surface area contributed by atoms with E-state index in [2.05, 4.69) is 26.6 Å². The van der Waals surface area contributed by atoms with Crippen LogP contribution in [0.25, 0.3) is 21.9 Å². The average Bonchev–Trinajstić information content (AvgIpc) is 4.10. The molecule has 0 radical (unpaired) electrons. The molecular weight excluding hydrogens is 1130 g/mol. The largest absolute Gasteiger partial charge is 0.451 e. The molecule has 3 amide bonds. The molecule has 2 aliphatic heterocycles. The maximum atomic E-state index is 13.4. The van der Waals surface area contributed by atoms with Crippen LogP contribution in [0, 0.1) is 23.3 Å². The predicted molar refractivity (Wildman–Crippen MR) is 316 cm³/mol. The van der Waals surface area contributed by atoms with Crippen molar-refractivity contribution in [1.82, 2.24) is 20.4 Å². The molecule has 6 aromatic carbocycles. The van der Waals surface area contributed by atoms with Crippen LogP contribution < -0.4 is 10.6 Å². The second-order valence-electron chi connectivity index (χ2n) is 20.4. The summed E-state index contributed by atoms with van der Waals surface area (Å²) < 4.78 is 69.5. The van der Waals surface area contributed by atoms with Gasteiger partial charge in [-0.2, -0.15) is 0 Å². The first kappa shape index (κ1) is 59.6. The van der Waals surface area contributed by atoms with Crippen molar-refractivity contribution < 1.29 is 45.5 Å². The van der Waals surface area contributed by atoms with E-state index in [4.69, 9.17) is 13.6 Å². The lowest BCUT2D eigenvalue weighted by Gasteiger charge is -2.32. The van der Waals surface area contributed by atoms with Crippen molar-refractivity contribution in [2.24, 2.45) is 0 Å². The molecule has 8 aromatic rings. The first-order chi connectivity index (χ1) is 38.6. The summed E-state index contributed by atoms with van der Waals surface area (Å²) in [5.41, 5.74) is 4.97. The molecule has 0 aliphatic carbocycles. The average molecular weight is 1190 g/mol. The minimum atomic E-state index is -0.512. The van der Waals surface area contributed by atoms with Gasteiger partial charge in [-0.05, 0) is 142 Å². The molecule has 2 saturated heterocycles. The highest BCUT2D eigenvalue weighted by Crippen LogP contribution is 2.37. The SMILES string of the molecule is CC(C)(C)OC(=O)NC1CCN(C(=O)c2cc3ccccc3o2)CC1.Fc1ccc(C(SCCBr)c2ccc(F)cc2)cc1.O=C(c1cc2ccccc2o1)N1CCC(NCCSC(c2ccc(F)cc2)c2ccc(F)cc2)CC1. The van der Waals surface area contributed by atoms with E-state index in [1.54, 1.807) is 83.0 Å². The van der Waals surface area contributed by atoms with Crippen molar-refractivity contribution in [2.45, 2.75) is 74.6 Å². The summed E-state index contributed by atoms with van der Waals surface area (Å²) in [5.74, 6) is 1.35. The summed E-state index contributed by atoms with van der Waals surface area (Å²) in [4.78, 5) is 41.0. The maximum absolute atomic E-state index is 13.4. The quantitative estimate of drug-likeness (QED) is 0.0588. The minimum Gasteiger partial charge on any atom is -0.451 e. The number of likely N-dealkylation sites (tertiary alicyclic amines) is 2. The third kappa shape index (κ3) is 17.2. The summed E-state index contributed by atoms with van der Waals surface area (Å²) in [5, 5.41) is 9.33. The zero-order valence-electron chi connectivity index (χ0n) is 44.9. The Morgan fingerprint density at radius 3 is 1.29 bits per heavy atom. The number of halogens is 5. The number of fused-ring (bicyclic) bond motifs is 2. The number of carbonyl (C=O) groups excluding carboxylic acids is 3. The normalized spacial score (nSPS) is 14.2. The van der Waals surface area contributed by atoms with Gasteiger partial charge in [-0.1, -0.05) is 101 Å². The third-order valence-corrected chi connectivity index (χ3v) is 17.0. The van der Waals surface area contributed by atoms with Gasteiger partial charge in [0.2, 0.25) is 0 Å². The molecule has 2 fully saturated rings. The van der Waals surface area contributed by atoms with Crippen molar-refractivity contribution in [2.75, 3.05) is 49.6 Å². The lowest BCUT2D eigenvalue weighted by Crippen LogP contribution is -2.47. The number of nitrogens with one attached hydrogen (secondary N) is 2. The van der Waals surface area contributed by atoms with Crippen LogP contribution in [0.1, 0.15) is 100 Å². The fourth-order valence-corrected chi connectivity index (χ4v) is 12.2. The highest BCUT2D eigenvalue weighted by molar-refractivity contribution is 9.09. The van der Waals surface area contributed by atoms with Crippen molar-refractivity contribution in [3.63, 3.8) is 0 Å². The number of furan rings is 2. The smallest absolute Gasteiger partial charge is 0.407 e. The lowest BCUT2D eigenvalue weighted by molar-refractivity contribution is 0.0470. The number of alkyl carbamates (subject to hydrolysis) is 1. The van der Waals surface area contributed by atoms with Crippen LogP contribution in [-0.4, -0.2) is 95.0 Å². The van der Waals surface area contributed by atoms with E-state index >= 15 is 0 Å². The number of rotatable bonds is 15. The number of alkyl halides is 1. The molecule has 0 spiro atoms. The van der Waals surface area contributed by atoms with Crippen LogP contribution in [-0.2, 0) is 4.74 Å². The Kier molecular flexibility index (Phi) is 21.4. The fraction of sp³-hybridized carbons (Fsp3) is 0.317. The number of nitrogens with zero attached hydrogens (tertiary/aromatic N) is 2. The van der Waals surface area contributed by atoms with E-state index in [1.165, 1.54) is 48.5 Å². The Morgan fingerprint density at radius 2 is 0.925 bits per heavy atom. The van der Waals surface area contributed by atoms with Crippen molar-refractivity contribution in [3.8, 4) is 0 Å². The van der Waals surface area contributed by atoms with Crippen LogP contribution in [0.15, 0.2) is 167 Å². The summed E-state index contributed by atoms with van der Waals surface area (Å²) in [6, 6.07) is 45.2. The van der Waals surface area contributed by atoms with Gasteiger partial charge in [0.15, 0.2) is 11.5 Å². The van der Waals surface area contributed by atoms with Gasteiger partial charge >= 0.3 is 6.09 Å². The number of para-hydroxylation sites is 2. The van der Waals surface area contributed by atoms with E-state index in [9.17, 15) is 31.9 Å². The van der Waals surface area contributed by atoms with E-state index in [0.29, 0.717) is 62.2 Å². The summed E-state index contributed by atoms with van der Waals surface area (Å²) in [7, 11) is 0. The van der Waals surface area contributed by atoms with Crippen LogP contribution in [0.4, 0.5) is 22.4 Å². The summed E-state index contributed by atoms with van der Waals surface area (Å²) in [6.07, 6.45) is 2.76.